The Morgan fingerprint density at radius 2 is 1.74 bits per heavy atom. The van der Waals surface area contributed by atoms with Crippen molar-refractivity contribution in [1.82, 2.24) is 5.43 Å². The minimum absolute atomic E-state index is 0.354. The molecule has 5 heteroatoms. The molecule has 0 aromatic heterocycles. The molecule has 0 bridgehead atoms. The van der Waals surface area contributed by atoms with Gasteiger partial charge in [0, 0.05) is 5.69 Å². The number of nitrogens with one attached hydrogen (secondary N) is 2. The third-order valence-electron chi connectivity index (χ3n) is 2.28. The molecule has 2 rings (SSSR count). The largest absolute Gasteiger partial charge is 0.339 e. The number of nitrogens with zero attached hydrogens (tertiary/aromatic N) is 1. The topological polar surface area (TPSA) is 53.5 Å². The van der Waals surface area contributed by atoms with Gasteiger partial charge in [0.2, 0.25) is 0 Å². The lowest BCUT2D eigenvalue weighted by Gasteiger charge is -2.03. The lowest BCUT2D eigenvalue weighted by Crippen LogP contribution is -2.24. The van der Waals surface area contributed by atoms with Crippen LogP contribution in [-0.2, 0) is 0 Å². The third-order valence-corrected chi connectivity index (χ3v) is 2.28. The number of halogens is 1. The Balaban J connectivity index is 1.85. The lowest BCUT2D eigenvalue weighted by atomic mass is 10.2. The minimum Gasteiger partial charge on any atom is -0.307 e. The molecule has 96 valence electrons. The first kappa shape index (κ1) is 12.8. The Hall–Kier alpha value is -2.69. The number of hydrazone groups is 1. The van der Waals surface area contributed by atoms with Gasteiger partial charge in [-0.05, 0) is 29.8 Å². The Labute approximate surface area is 110 Å². The summed E-state index contributed by atoms with van der Waals surface area (Å²) in [6, 6.07) is 14.4. The van der Waals surface area contributed by atoms with Gasteiger partial charge in [0.05, 0.1) is 6.21 Å². The van der Waals surface area contributed by atoms with Gasteiger partial charge in [-0.15, -0.1) is 0 Å². The first-order valence-corrected chi connectivity index (χ1v) is 5.65. The van der Waals surface area contributed by atoms with E-state index in [9.17, 15) is 9.18 Å². The Morgan fingerprint density at radius 3 is 2.42 bits per heavy atom. The van der Waals surface area contributed by atoms with E-state index >= 15 is 0 Å². The van der Waals surface area contributed by atoms with Crippen LogP contribution in [0.25, 0.3) is 0 Å². The SMILES string of the molecule is O=C(N/N=C/c1ccccc1)Nc1ccc(F)cc1. The molecule has 2 amide bonds. The van der Waals surface area contributed by atoms with Crippen LogP contribution in [0.4, 0.5) is 14.9 Å². The normalized spacial score (nSPS) is 10.4. The molecule has 2 aromatic rings. The zero-order valence-electron chi connectivity index (χ0n) is 10.0. The molecular weight excluding hydrogens is 245 g/mol. The van der Waals surface area contributed by atoms with Crippen molar-refractivity contribution in [2.75, 3.05) is 5.32 Å². The smallest absolute Gasteiger partial charge is 0.307 e. The van der Waals surface area contributed by atoms with Crippen LogP contribution in [-0.4, -0.2) is 12.2 Å². The van der Waals surface area contributed by atoms with E-state index < -0.39 is 6.03 Å². The molecule has 0 saturated carbocycles. The molecule has 4 nitrogen and oxygen atoms in total. The van der Waals surface area contributed by atoms with Crippen molar-refractivity contribution in [2.45, 2.75) is 0 Å². The molecule has 0 radical (unpaired) electrons. The highest BCUT2D eigenvalue weighted by molar-refractivity contribution is 5.90. The number of carbonyl (C=O) groups is 1. The van der Waals surface area contributed by atoms with E-state index in [1.165, 1.54) is 30.5 Å². The summed E-state index contributed by atoms with van der Waals surface area (Å²) in [5.74, 6) is -0.354. The van der Waals surface area contributed by atoms with Crippen molar-refractivity contribution in [1.29, 1.82) is 0 Å². The second-order valence-corrected chi connectivity index (χ2v) is 3.74. The molecule has 0 heterocycles. The van der Waals surface area contributed by atoms with E-state index in [1.54, 1.807) is 0 Å². The van der Waals surface area contributed by atoms with Gasteiger partial charge in [0.1, 0.15) is 5.82 Å². The molecule has 0 aliphatic heterocycles. The molecule has 0 spiro atoms. The fourth-order valence-electron chi connectivity index (χ4n) is 1.40. The maximum absolute atomic E-state index is 12.7. The Morgan fingerprint density at radius 1 is 1.05 bits per heavy atom. The monoisotopic (exact) mass is 257 g/mol. The van der Waals surface area contributed by atoms with Crippen LogP contribution in [0.15, 0.2) is 59.7 Å². The summed E-state index contributed by atoms with van der Waals surface area (Å²) in [6.45, 7) is 0. The predicted molar refractivity (Wildman–Crippen MR) is 72.6 cm³/mol. The van der Waals surface area contributed by atoms with Gasteiger partial charge in [-0.1, -0.05) is 30.3 Å². The number of hydrogen-bond donors (Lipinski definition) is 2. The predicted octanol–water partition coefficient (Wildman–Crippen LogP) is 2.98. The van der Waals surface area contributed by atoms with Gasteiger partial charge >= 0.3 is 6.03 Å². The van der Waals surface area contributed by atoms with Crippen LogP contribution in [0.5, 0.6) is 0 Å². The standard InChI is InChI=1S/C14H12FN3O/c15-12-6-8-13(9-7-12)17-14(19)18-16-10-11-4-2-1-3-5-11/h1-10H,(H2,17,18,19)/b16-10+. The third kappa shape index (κ3) is 4.23. The summed E-state index contributed by atoms with van der Waals surface area (Å²) in [5, 5.41) is 6.32. The number of rotatable bonds is 3. The van der Waals surface area contributed by atoms with E-state index in [4.69, 9.17) is 0 Å². The van der Waals surface area contributed by atoms with E-state index in [0.717, 1.165) is 5.56 Å². The van der Waals surface area contributed by atoms with E-state index in [2.05, 4.69) is 15.8 Å². The summed E-state index contributed by atoms with van der Waals surface area (Å²) >= 11 is 0. The summed E-state index contributed by atoms with van der Waals surface area (Å²) < 4.78 is 12.7. The zero-order chi connectivity index (χ0) is 13.5. The first-order chi connectivity index (χ1) is 9.24. The highest BCUT2D eigenvalue weighted by Crippen LogP contribution is 2.07. The molecule has 0 atom stereocenters. The molecule has 0 aliphatic carbocycles. The van der Waals surface area contributed by atoms with Crippen LogP contribution in [0.1, 0.15) is 5.56 Å². The highest BCUT2D eigenvalue weighted by Gasteiger charge is 1.99. The summed E-state index contributed by atoms with van der Waals surface area (Å²) in [6.07, 6.45) is 1.53. The van der Waals surface area contributed by atoms with Crippen LogP contribution >= 0.6 is 0 Å². The number of anilines is 1. The van der Waals surface area contributed by atoms with Crippen LogP contribution in [0.3, 0.4) is 0 Å². The van der Waals surface area contributed by atoms with Crippen molar-refractivity contribution in [3.05, 3.63) is 66.0 Å². The van der Waals surface area contributed by atoms with Gasteiger partial charge in [-0.25, -0.2) is 14.6 Å². The van der Waals surface area contributed by atoms with Gasteiger partial charge < -0.3 is 5.32 Å². The number of urea groups is 1. The van der Waals surface area contributed by atoms with Crippen molar-refractivity contribution in [3.63, 3.8) is 0 Å². The fraction of sp³-hybridized carbons (Fsp3) is 0. The van der Waals surface area contributed by atoms with Crippen molar-refractivity contribution in [2.24, 2.45) is 5.10 Å². The van der Waals surface area contributed by atoms with Gasteiger partial charge in [0.15, 0.2) is 0 Å². The van der Waals surface area contributed by atoms with Crippen molar-refractivity contribution < 1.29 is 9.18 Å². The maximum atomic E-state index is 12.7. The lowest BCUT2D eigenvalue weighted by molar-refractivity contribution is 0.252. The Kier molecular flexibility index (Phi) is 4.23. The fourth-order valence-corrected chi connectivity index (χ4v) is 1.40. The van der Waals surface area contributed by atoms with E-state index in [0.29, 0.717) is 5.69 Å². The summed E-state index contributed by atoms with van der Waals surface area (Å²) in [5.41, 5.74) is 3.69. The van der Waals surface area contributed by atoms with Crippen LogP contribution in [0.2, 0.25) is 0 Å². The van der Waals surface area contributed by atoms with E-state index in [1.807, 2.05) is 30.3 Å². The Bertz CT molecular complexity index is 567. The molecule has 0 saturated heterocycles. The van der Waals surface area contributed by atoms with E-state index in [-0.39, 0.29) is 5.82 Å². The number of amides is 2. The number of carbonyl (C=O) groups excluding carboxylic acids is 1. The quantitative estimate of drug-likeness (QED) is 0.644. The molecule has 2 aromatic carbocycles. The number of hydrogen-bond acceptors (Lipinski definition) is 2. The molecular formula is C14H12FN3O. The molecule has 0 aliphatic rings. The summed E-state index contributed by atoms with van der Waals surface area (Å²) in [7, 11) is 0. The average Bonchev–Trinajstić information content (AvgIpc) is 2.43. The molecule has 2 N–H and O–H groups in total. The molecule has 0 fully saturated rings. The van der Waals surface area contributed by atoms with Gasteiger partial charge in [-0.3, -0.25) is 0 Å². The first-order valence-electron chi connectivity index (χ1n) is 5.65. The van der Waals surface area contributed by atoms with Crippen molar-refractivity contribution >= 4 is 17.9 Å². The maximum Gasteiger partial charge on any atom is 0.339 e. The highest BCUT2D eigenvalue weighted by atomic mass is 19.1. The molecule has 0 unspecified atom stereocenters. The minimum atomic E-state index is -0.487. The average molecular weight is 257 g/mol. The summed E-state index contributed by atoms with van der Waals surface area (Å²) in [4.78, 5) is 11.5. The van der Waals surface area contributed by atoms with Gasteiger partial charge in [-0.2, -0.15) is 5.10 Å². The van der Waals surface area contributed by atoms with Crippen LogP contribution < -0.4 is 10.7 Å². The zero-order valence-corrected chi connectivity index (χ0v) is 10.0. The van der Waals surface area contributed by atoms with Crippen molar-refractivity contribution in [3.8, 4) is 0 Å². The molecule has 19 heavy (non-hydrogen) atoms. The van der Waals surface area contributed by atoms with Crippen LogP contribution in [0, 0.1) is 5.82 Å². The second-order valence-electron chi connectivity index (χ2n) is 3.74. The van der Waals surface area contributed by atoms with Gasteiger partial charge in [0.25, 0.3) is 0 Å². The second kappa shape index (κ2) is 6.30. The number of benzene rings is 2.